The van der Waals surface area contributed by atoms with E-state index in [1.807, 2.05) is 23.9 Å². The highest BCUT2D eigenvalue weighted by Crippen LogP contribution is 2.27. The molecule has 0 bridgehead atoms. The van der Waals surface area contributed by atoms with Crippen LogP contribution >= 0.6 is 11.8 Å². The van der Waals surface area contributed by atoms with Crippen LogP contribution in [0.1, 0.15) is 32.3 Å². The van der Waals surface area contributed by atoms with E-state index in [9.17, 15) is 0 Å². The molecule has 1 aromatic heterocycles. The second-order valence-corrected chi connectivity index (χ2v) is 6.14. The Morgan fingerprint density at radius 3 is 2.76 bits per heavy atom. The van der Waals surface area contributed by atoms with Crippen molar-refractivity contribution in [2.75, 3.05) is 24.7 Å². The van der Waals surface area contributed by atoms with E-state index >= 15 is 0 Å². The zero-order chi connectivity index (χ0) is 15.1. The van der Waals surface area contributed by atoms with Gasteiger partial charge in [0, 0.05) is 29.3 Å². The Bertz CT molecular complexity index is 586. The number of nitrogens with zero attached hydrogens (tertiary/aromatic N) is 1. The molecule has 0 unspecified atom stereocenters. The third-order valence-corrected chi connectivity index (χ3v) is 4.46. The second kappa shape index (κ2) is 8.13. The van der Waals surface area contributed by atoms with Crippen LogP contribution < -0.4 is 10.1 Å². The van der Waals surface area contributed by atoms with Crippen LogP contribution in [0.2, 0.25) is 0 Å². The largest absolute Gasteiger partial charge is 0.497 e. The van der Waals surface area contributed by atoms with Crippen LogP contribution in [0.25, 0.3) is 10.9 Å². The summed E-state index contributed by atoms with van der Waals surface area (Å²) in [6, 6.07) is 8.32. The van der Waals surface area contributed by atoms with Gasteiger partial charge in [0.2, 0.25) is 0 Å². The molecule has 2 rings (SSSR count). The summed E-state index contributed by atoms with van der Waals surface area (Å²) in [6.45, 7) is 5.34. The Kier molecular flexibility index (Phi) is 6.18. The predicted octanol–water partition coefficient (Wildman–Crippen LogP) is 4.71. The third-order valence-electron chi connectivity index (χ3n) is 3.25. The lowest BCUT2D eigenvalue weighted by atomic mass is 10.1. The van der Waals surface area contributed by atoms with Crippen LogP contribution in [0.4, 0.5) is 5.82 Å². The normalized spacial score (nSPS) is 10.8. The number of methoxy groups -OCH3 is 1. The summed E-state index contributed by atoms with van der Waals surface area (Å²) in [6.07, 6.45) is 2.31. The van der Waals surface area contributed by atoms with Gasteiger partial charge in [-0.1, -0.05) is 13.8 Å². The van der Waals surface area contributed by atoms with Crippen LogP contribution in [-0.2, 0) is 5.75 Å². The summed E-state index contributed by atoms with van der Waals surface area (Å²) >= 11 is 1.97. The maximum atomic E-state index is 5.29. The number of hydrogen-bond donors (Lipinski definition) is 1. The number of thioether (sulfide) groups is 1. The van der Waals surface area contributed by atoms with Gasteiger partial charge in [-0.25, -0.2) is 4.98 Å². The van der Waals surface area contributed by atoms with E-state index in [4.69, 9.17) is 9.72 Å². The molecule has 0 saturated carbocycles. The van der Waals surface area contributed by atoms with Crippen LogP contribution in [-0.4, -0.2) is 24.4 Å². The van der Waals surface area contributed by atoms with E-state index in [1.54, 1.807) is 7.11 Å². The molecule has 0 aliphatic heterocycles. The molecule has 3 nitrogen and oxygen atoms in total. The maximum absolute atomic E-state index is 5.29. The van der Waals surface area contributed by atoms with Crippen molar-refractivity contribution in [3.05, 3.63) is 29.8 Å². The first kappa shape index (κ1) is 16.0. The van der Waals surface area contributed by atoms with Crippen LogP contribution in [0.3, 0.4) is 0 Å². The average molecular weight is 304 g/mol. The fraction of sp³-hybridized carbons (Fsp3) is 0.471. The van der Waals surface area contributed by atoms with Crippen molar-refractivity contribution >= 4 is 28.5 Å². The van der Waals surface area contributed by atoms with Crippen molar-refractivity contribution in [3.63, 3.8) is 0 Å². The van der Waals surface area contributed by atoms with Crippen molar-refractivity contribution < 1.29 is 4.74 Å². The highest BCUT2D eigenvalue weighted by molar-refractivity contribution is 7.98. The quantitative estimate of drug-likeness (QED) is 0.716. The van der Waals surface area contributed by atoms with Crippen LogP contribution in [0, 0.1) is 0 Å². The number of nitrogens with one attached hydrogen (secondary N) is 1. The Hall–Kier alpha value is -1.42. The highest BCUT2D eigenvalue weighted by Gasteiger charge is 2.08. The van der Waals surface area contributed by atoms with Gasteiger partial charge < -0.3 is 10.1 Å². The third kappa shape index (κ3) is 4.27. The molecule has 1 heterocycles. The second-order valence-electron chi connectivity index (χ2n) is 5.03. The summed E-state index contributed by atoms with van der Waals surface area (Å²) in [4.78, 5) is 4.80. The summed E-state index contributed by atoms with van der Waals surface area (Å²) in [7, 11) is 1.69. The van der Waals surface area contributed by atoms with Crippen molar-refractivity contribution in [2.24, 2.45) is 0 Å². The number of aromatic nitrogens is 1. The van der Waals surface area contributed by atoms with Gasteiger partial charge in [0.25, 0.3) is 0 Å². The molecular formula is C17H24N2OS. The van der Waals surface area contributed by atoms with E-state index in [1.165, 1.54) is 23.1 Å². The molecule has 0 atom stereocenters. The molecule has 0 radical (unpaired) electrons. The number of benzene rings is 1. The minimum absolute atomic E-state index is 0.851. The highest BCUT2D eigenvalue weighted by atomic mass is 32.2. The molecule has 4 heteroatoms. The number of anilines is 1. The molecule has 0 aliphatic rings. The van der Waals surface area contributed by atoms with E-state index in [0.29, 0.717) is 0 Å². The lowest BCUT2D eigenvalue weighted by molar-refractivity contribution is 0.415. The molecular weight excluding hydrogens is 280 g/mol. The van der Waals surface area contributed by atoms with Gasteiger partial charge in [-0.15, -0.1) is 0 Å². The smallest absolute Gasteiger partial charge is 0.130 e. The van der Waals surface area contributed by atoms with Gasteiger partial charge in [0.15, 0.2) is 0 Å². The van der Waals surface area contributed by atoms with E-state index in [-0.39, 0.29) is 0 Å². The Balaban J connectivity index is 2.33. The maximum Gasteiger partial charge on any atom is 0.130 e. The molecule has 114 valence electrons. The fourth-order valence-electron chi connectivity index (χ4n) is 2.15. The number of pyridine rings is 1. The SMILES string of the molecule is CCCNc1nc2cc(OC)ccc2cc1CSCCC. The summed E-state index contributed by atoms with van der Waals surface area (Å²) in [5, 5.41) is 4.63. The standard InChI is InChI=1S/C17H24N2OS/c1-4-8-18-17-14(12-21-9-5-2)10-13-6-7-15(20-3)11-16(13)19-17/h6-7,10-11H,4-5,8-9,12H2,1-3H3,(H,18,19). The summed E-state index contributed by atoms with van der Waals surface area (Å²) in [5.41, 5.74) is 2.27. The first-order valence-electron chi connectivity index (χ1n) is 7.57. The molecule has 1 N–H and O–H groups in total. The van der Waals surface area contributed by atoms with Gasteiger partial charge in [-0.3, -0.25) is 0 Å². The Morgan fingerprint density at radius 1 is 1.19 bits per heavy atom. The minimum atomic E-state index is 0.851. The van der Waals surface area contributed by atoms with Gasteiger partial charge in [0.05, 0.1) is 12.6 Å². The molecule has 0 spiro atoms. The van der Waals surface area contributed by atoms with Crippen molar-refractivity contribution in [2.45, 2.75) is 32.4 Å². The Labute approximate surface area is 131 Å². The van der Waals surface area contributed by atoms with E-state index in [2.05, 4.69) is 31.3 Å². The molecule has 0 fully saturated rings. The van der Waals surface area contributed by atoms with Gasteiger partial charge >= 0.3 is 0 Å². The fourth-order valence-corrected chi connectivity index (χ4v) is 3.02. The molecule has 0 saturated heterocycles. The first-order valence-corrected chi connectivity index (χ1v) is 8.73. The number of hydrogen-bond acceptors (Lipinski definition) is 4. The van der Waals surface area contributed by atoms with Gasteiger partial charge in [-0.05, 0) is 36.8 Å². The zero-order valence-corrected chi connectivity index (χ0v) is 13.9. The lowest BCUT2D eigenvalue weighted by Gasteiger charge is -2.12. The van der Waals surface area contributed by atoms with Crippen molar-refractivity contribution in [1.82, 2.24) is 4.98 Å². The first-order chi connectivity index (χ1) is 10.3. The predicted molar refractivity (Wildman–Crippen MR) is 93.5 cm³/mol. The molecule has 0 aliphatic carbocycles. The molecule has 21 heavy (non-hydrogen) atoms. The van der Waals surface area contributed by atoms with E-state index < -0.39 is 0 Å². The number of rotatable bonds is 8. The minimum Gasteiger partial charge on any atom is -0.497 e. The van der Waals surface area contributed by atoms with Gasteiger partial charge in [0.1, 0.15) is 11.6 Å². The number of ether oxygens (including phenoxy) is 1. The molecule has 2 aromatic rings. The molecule has 0 amide bonds. The van der Waals surface area contributed by atoms with Crippen molar-refractivity contribution in [3.8, 4) is 5.75 Å². The lowest BCUT2D eigenvalue weighted by Crippen LogP contribution is -2.05. The zero-order valence-electron chi connectivity index (χ0n) is 13.1. The number of fused-ring (bicyclic) bond motifs is 1. The topological polar surface area (TPSA) is 34.2 Å². The monoisotopic (exact) mass is 304 g/mol. The molecule has 1 aromatic carbocycles. The van der Waals surface area contributed by atoms with Crippen LogP contribution in [0.5, 0.6) is 5.75 Å². The van der Waals surface area contributed by atoms with Crippen molar-refractivity contribution in [1.29, 1.82) is 0 Å². The average Bonchev–Trinajstić information content (AvgIpc) is 2.52. The van der Waals surface area contributed by atoms with Gasteiger partial charge in [-0.2, -0.15) is 11.8 Å². The Morgan fingerprint density at radius 2 is 2.05 bits per heavy atom. The van der Waals surface area contributed by atoms with E-state index in [0.717, 1.165) is 35.8 Å². The summed E-state index contributed by atoms with van der Waals surface area (Å²) < 4.78 is 5.29. The van der Waals surface area contributed by atoms with Crippen LogP contribution in [0.15, 0.2) is 24.3 Å². The summed E-state index contributed by atoms with van der Waals surface area (Å²) in [5.74, 6) is 4.06.